The summed E-state index contributed by atoms with van der Waals surface area (Å²) < 4.78 is 27.4. The van der Waals surface area contributed by atoms with E-state index in [9.17, 15) is 8.42 Å². The molecule has 4 nitrogen and oxygen atoms in total. The minimum Gasteiger partial charge on any atom is -0.398 e. The van der Waals surface area contributed by atoms with Crippen molar-refractivity contribution in [3.8, 4) is 0 Å². The number of nitrogens with zero attached hydrogens (tertiary/aromatic N) is 1. The van der Waals surface area contributed by atoms with Gasteiger partial charge in [0.15, 0.2) is 0 Å². The maximum Gasteiger partial charge on any atom is 0.243 e. The van der Waals surface area contributed by atoms with E-state index < -0.39 is 10.0 Å². The molecule has 1 aromatic heterocycles. The topological polar surface area (TPSA) is 63.4 Å². The predicted molar refractivity (Wildman–Crippen MR) is 88.2 cm³/mol. The zero-order valence-electron chi connectivity index (χ0n) is 11.8. The fraction of sp³-hybridized carbons (Fsp3) is 0.286. The van der Waals surface area contributed by atoms with Gasteiger partial charge in [-0.2, -0.15) is 4.31 Å². The van der Waals surface area contributed by atoms with Gasteiger partial charge in [-0.25, -0.2) is 8.42 Å². The molecule has 114 valence electrons. The third-order valence-electron chi connectivity index (χ3n) is 3.20. The molecule has 1 heterocycles. The first kappa shape index (κ1) is 16.3. The zero-order valence-corrected chi connectivity index (χ0v) is 14.2. The van der Waals surface area contributed by atoms with E-state index in [0.717, 1.165) is 10.4 Å². The van der Waals surface area contributed by atoms with Crippen LogP contribution in [0.25, 0.3) is 0 Å². The predicted octanol–water partition coefficient (Wildman–Crippen LogP) is 3.50. The Morgan fingerprint density at radius 3 is 2.52 bits per heavy atom. The van der Waals surface area contributed by atoms with Crippen LogP contribution in [-0.2, 0) is 16.6 Å². The summed E-state index contributed by atoms with van der Waals surface area (Å²) in [6.07, 6.45) is 0. The summed E-state index contributed by atoms with van der Waals surface area (Å²) in [5, 5.41) is 0. The van der Waals surface area contributed by atoms with E-state index in [2.05, 4.69) is 0 Å². The van der Waals surface area contributed by atoms with Gasteiger partial charge in [0.1, 0.15) is 0 Å². The van der Waals surface area contributed by atoms with E-state index in [4.69, 9.17) is 17.3 Å². The number of benzene rings is 1. The van der Waals surface area contributed by atoms with Crippen LogP contribution in [0.1, 0.15) is 17.4 Å². The highest BCUT2D eigenvalue weighted by molar-refractivity contribution is 7.89. The molecule has 0 aliphatic rings. The molecule has 0 saturated carbocycles. The molecule has 0 unspecified atom stereocenters. The highest BCUT2D eigenvalue weighted by Crippen LogP contribution is 2.26. The van der Waals surface area contributed by atoms with E-state index in [1.54, 1.807) is 18.2 Å². The third-order valence-corrected chi connectivity index (χ3v) is 6.33. The summed E-state index contributed by atoms with van der Waals surface area (Å²) in [6.45, 7) is 4.34. The average Bonchev–Trinajstić information content (AvgIpc) is 2.84. The number of rotatable bonds is 5. The van der Waals surface area contributed by atoms with E-state index in [-0.39, 0.29) is 4.90 Å². The summed E-state index contributed by atoms with van der Waals surface area (Å²) in [5.74, 6) is 0. The Balaban J connectivity index is 2.32. The van der Waals surface area contributed by atoms with Crippen LogP contribution in [-0.4, -0.2) is 19.3 Å². The molecule has 0 spiro atoms. The minimum atomic E-state index is -3.56. The van der Waals surface area contributed by atoms with Gasteiger partial charge in [-0.3, -0.25) is 0 Å². The van der Waals surface area contributed by atoms with Gasteiger partial charge in [0.2, 0.25) is 10.0 Å². The van der Waals surface area contributed by atoms with Crippen molar-refractivity contribution in [3.63, 3.8) is 0 Å². The van der Waals surface area contributed by atoms with Crippen LogP contribution in [0.5, 0.6) is 0 Å². The molecule has 1 aromatic carbocycles. The quantitative estimate of drug-likeness (QED) is 0.844. The molecule has 0 fully saturated rings. The largest absolute Gasteiger partial charge is 0.398 e. The van der Waals surface area contributed by atoms with Crippen molar-refractivity contribution in [1.29, 1.82) is 0 Å². The lowest BCUT2D eigenvalue weighted by Crippen LogP contribution is -2.30. The normalized spacial score (nSPS) is 12.0. The standard InChI is InChI=1S/C14H17ClN2O2S2/c1-3-17(9-11-5-7-14(15)20-11)21(18,19)12-6-4-10(2)13(16)8-12/h4-8H,3,9,16H2,1-2H3. The van der Waals surface area contributed by atoms with Gasteiger partial charge < -0.3 is 5.73 Å². The van der Waals surface area contributed by atoms with E-state index in [1.165, 1.54) is 21.7 Å². The number of anilines is 1. The summed E-state index contributed by atoms with van der Waals surface area (Å²) in [6, 6.07) is 8.43. The Labute approximate surface area is 134 Å². The first-order chi connectivity index (χ1) is 9.84. The van der Waals surface area contributed by atoms with Gasteiger partial charge in [0.25, 0.3) is 0 Å². The summed E-state index contributed by atoms with van der Waals surface area (Å²) in [7, 11) is -3.56. The number of sulfonamides is 1. The van der Waals surface area contributed by atoms with Gasteiger partial charge in [0, 0.05) is 23.7 Å². The van der Waals surface area contributed by atoms with Crippen LogP contribution in [0.3, 0.4) is 0 Å². The van der Waals surface area contributed by atoms with Crippen molar-refractivity contribution >= 4 is 38.6 Å². The molecule has 0 aliphatic heterocycles. The van der Waals surface area contributed by atoms with E-state index in [0.29, 0.717) is 23.1 Å². The van der Waals surface area contributed by atoms with E-state index in [1.807, 2.05) is 19.9 Å². The Kier molecular flexibility index (Phi) is 4.93. The highest BCUT2D eigenvalue weighted by atomic mass is 35.5. The number of thiophene rings is 1. The molecule has 2 N–H and O–H groups in total. The molecule has 0 bridgehead atoms. The Morgan fingerprint density at radius 2 is 2.00 bits per heavy atom. The van der Waals surface area contributed by atoms with Crippen LogP contribution >= 0.6 is 22.9 Å². The van der Waals surface area contributed by atoms with Gasteiger partial charge in [-0.05, 0) is 36.8 Å². The van der Waals surface area contributed by atoms with Crippen molar-refractivity contribution in [1.82, 2.24) is 4.31 Å². The number of hydrogen-bond acceptors (Lipinski definition) is 4. The zero-order chi connectivity index (χ0) is 15.6. The molecule has 21 heavy (non-hydrogen) atoms. The summed E-state index contributed by atoms with van der Waals surface area (Å²) >= 11 is 7.27. The second-order valence-corrected chi connectivity index (χ2v) is 8.39. The summed E-state index contributed by atoms with van der Waals surface area (Å²) in [4.78, 5) is 1.13. The lowest BCUT2D eigenvalue weighted by Gasteiger charge is -2.20. The minimum absolute atomic E-state index is 0.218. The Bertz CT molecular complexity index is 741. The van der Waals surface area contributed by atoms with Crippen molar-refractivity contribution in [3.05, 3.63) is 45.1 Å². The van der Waals surface area contributed by atoms with Gasteiger partial charge >= 0.3 is 0 Å². The second-order valence-electron chi connectivity index (χ2n) is 4.66. The SMILES string of the molecule is CCN(Cc1ccc(Cl)s1)S(=O)(=O)c1ccc(C)c(N)c1. The first-order valence-electron chi connectivity index (χ1n) is 6.45. The highest BCUT2D eigenvalue weighted by Gasteiger charge is 2.24. The molecule has 0 radical (unpaired) electrons. The van der Waals surface area contributed by atoms with Crippen LogP contribution < -0.4 is 5.73 Å². The number of hydrogen-bond donors (Lipinski definition) is 1. The van der Waals surface area contributed by atoms with Gasteiger partial charge in [-0.1, -0.05) is 24.6 Å². The number of nitrogen functional groups attached to an aromatic ring is 1. The van der Waals surface area contributed by atoms with Crippen LogP contribution in [0.15, 0.2) is 35.2 Å². The molecule has 0 atom stereocenters. The van der Waals surface area contributed by atoms with Crippen LogP contribution in [0.2, 0.25) is 4.34 Å². The first-order valence-corrected chi connectivity index (χ1v) is 9.08. The number of aryl methyl sites for hydroxylation is 1. The maximum atomic E-state index is 12.7. The third kappa shape index (κ3) is 3.58. The van der Waals surface area contributed by atoms with Crippen LogP contribution in [0, 0.1) is 6.92 Å². The average molecular weight is 345 g/mol. The van der Waals surface area contributed by atoms with Crippen molar-refractivity contribution < 1.29 is 8.42 Å². The molecule has 7 heteroatoms. The Morgan fingerprint density at radius 1 is 1.29 bits per heavy atom. The summed E-state index contributed by atoms with van der Waals surface area (Å²) in [5.41, 5.74) is 7.16. The molecule has 0 aliphatic carbocycles. The van der Waals surface area contributed by atoms with E-state index >= 15 is 0 Å². The van der Waals surface area contributed by atoms with Crippen molar-refractivity contribution in [2.75, 3.05) is 12.3 Å². The fourth-order valence-corrected chi connectivity index (χ4v) is 4.55. The molecular weight excluding hydrogens is 328 g/mol. The molecule has 0 saturated heterocycles. The van der Waals surface area contributed by atoms with Crippen molar-refractivity contribution in [2.24, 2.45) is 0 Å². The monoisotopic (exact) mass is 344 g/mol. The maximum absolute atomic E-state index is 12.7. The molecule has 0 amide bonds. The van der Waals surface area contributed by atoms with Crippen molar-refractivity contribution in [2.45, 2.75) is 25.3 Å². The Hall–Kier alpha value is -1.08. The second kappa shape index (κ2) is 6.36. The molecule has 2 aromatic rings. The van der Waals surface area contributed by atoms with Gasteiger partial charge in [-0.15, -0.1) is 11.3 Å². The fourth-order valence-electron chi connectivity index (χ4n) is 1.91. The van der Waals surface area contributed by atoms with Gasteiger partial charge in [0.05, 0.1) is 9.23 Å². The van der Waals surface area contributed by atoms with Crippen LogP contribution in [0.4, 0.5) is 5.69 Å². The molecule has 2 rings (SSSR count). The number of nitrogens with two attached hydrogens (primary N) is 1. The molecular formula is C14H17ClN2O2S2. The lowest BCUT2D eigenvalue weighted by atomic mass is 10.2. The number of halogens is 1. The smallest absolute Gasteiger partial charge is 0.243 e. The lowest BCUT2D eigenvalue weighted by molar-refractivity contribution is 0.426.